The van der Waals surface area contributed by atoms with Crippen LogP contribution in [0.2, 0.25) is 0 Å². The van der Waals surface area contributed by atoms with Crippen molar-refractivity contribution < 1.29 is 4.79 Å². The smallest absolute Gasteiger partial charge is 0.242 e. The number of amides is 1. The topological polar surface area (TPSA) is 86.8 Å². The quantitative estimate of drug-likeness (QED) is 0.725. The van der Waals surface area contributed by atoms with Gasteiger partial charge in [-0.2, -0.15) is 0 Å². The van der Waals surface area contributed by atoms with Gasteiger partial charge in [0.15, 0.2) is 11.5 Å². The summed E-state index contributed by atoms with van der Waals surface area (Å²) >= 11 is 0. The number of anilines is 1. The number of H-pyrrole nitrogens is 1. The SMILES string of the molecule is CCN(Cc1ccccc1)C(=O)CNc1ncnc2nc[nH]c12. The fourth-order valence-electron chi connectivity index (χ4n) is 2.35. The Morgan fingerprint density at radius 2 is 2.04 bits per heavy atom. The highest BCUT2D eigenvalue weighted by Gasteiger charge is 2.13. The lowest BCUT2D eigenvalue weighted by Gasteiger charge is -2.21. The molecule has 2 N–H and O–H groups in total. The standard InChI is InChI=1S/C16H18N6O/c1-2-22(9-12-6-4-3-5-7-12)13(23)8-17-15-14-16(19-10-18-14)21-11-20-15/h3-7,10-11H,2,8-9H2,1H3,(H2,17,18,19,20,21). The number of nitrogens with one attached hydrogen (secondary N) is 2. The Balaban J connectivity index is 1.64. The number of carbonyl (C=O) groups excluding carboxylic acids is 1. The monoisotopic (exact) mass is 310 g/mol. The molecule has 0 bridgehead atoms. The first-order valence-corrected chi connectivity index (χ1v) is 7.47. The Morgan fingerprint density at radius 3 is 2.83 bits per heavy atom. The van der Waals surface area contributed by atoms with E-state index in [0.717, 1.165) is 5.56 Å². The van der Waals surface area contributed by atoms with Crippen LogP contribution < -0.4 is 5.32 Å². The lowest BCUT2D eigenvalue weighted by atomic mass is 10.2. The number of benzene rings is 1. The molecule has 3 rings (SSSR count). The van der Waals surface area contributed by atoms with Crippen LogP contribution >= 0.6 is 0 Å². The molecule has 0 atom stereocenters. The van der Waals surface area contributed by atoms with Crippen molar-refractivity contribution in [2.75, 3.05) is 18.4 Å². The van der Waals surface area contributed by atoms with E-state index in [1.165, 1.54) is 6.33 Å². The molecule has 0 unspecified atom stereocenters. The minimum Gasteiger partial charge on any atom is -0.359 e. The third kappa shape index (κ3) is 3.45. The predicted octanol–water partition coefficient (Wildman–Crippen LogP) is 1.81. The number of hydrogen-bond donors (Lipinski definition) is 2. The highest BCUT2D eigenvalue weighted by molar-refractivity contribution is 5.86. The number of hydrogen-bond acceptors (Lipinski definition) is 5. The van der Waals surface area contributed by atoms with E-state index in [4.69, 9.17) is 0 Å². The van der Waals surface area contributed by atoms with Crippen LogP contribution in [0.4, 0.5) is 5.82 Å². The third-order valence-corrected chi connectivity index (χ3v) is 3.58. The lowest BCUT2D eigenvalue weighted by molar-refractivity contribution is -0.129. The van der Waals surface area contributed by atoms with Crippen LogP contribution in [0.5, 0.6) is 0 Å². The summed E-state index contributed by atoms with van der Waals surface area (Å²) in [5, 5.41) is 3.06. The zero-order chi connectivity index (χ0) is 16.1. The van der Waals surface area contributed by atoms with E-state index < -0.39 is 0 Å². The second kappa shape index (κ2) is 6.87. The molecule has 0 aliphatic heterocycles. The first kappa shape index (κ1) is 15.0. The second-order valence-electron chi connectivity index (χ2n) is 5.07. The van der Waals surface area contributed by atoms with Crippen LogP contribution in [0.1, 0.15) is 12.5 Å². The van der Waals surface area contributed by atoms with Gasteiger partial charge in [-0.05, 0) is 12.5 Å². The number of carbonyl (C=O) groups is 1. The average molecular weight is 310 g/mol. The Morgan fingerprint density at radius 1 is 1.22 bits per heavy atom. The number of aromatic amines is 1. The maximum Gasteiger partial charge on any atom is 0.242 e. The van der Waals surface area contributed by atoms with Gasteiger partial charge >= 0.3 is 0 Å². The predicted molar refractivity (Wildman–Crippen MR) is 87.7 cm³/mol. The van der Waals surface area contributed by atoms with Crippen molar-refractivity contribution in [2.45, 2.75) is 13.5 Å². The van der Waals surface area contributed by atoms with Gasteiger partial charge in [0.2, 0.25) is 5.91 Å². The van der Waals surface area contributed by atoms with E-state index in [-0.39, 0.29) is 12.5 Å². The minimum atomic E-state index is 0.0163. The van der Waals surface area contributed by atoms with Crippen LogP contribution in [0.25, 0.3) is 11.2 Å². The van der Waals surface area contributed by atoms with E-state index >= 15 is 0 Å². The third-order valence-electron chi connectivity index (χ3n) is 3.58. The molecule has 0 saturated carbocycles. The number of imidazole rings is 1. The fourth-order valence-corrected chi connectivity index (χ4v) is 2.35. The summed E-state index contributed by atoms with van der Waals surface area (Å²) in [5.74, 6) is 0.597. The highest BCUT2D eigenvalue weighted by atomic mass is 16.2. The number of rotatable bonds is 6. The highest BCUT2D eigenvalue weighted by Crippen LogP contribution is 2.14. The maximum atomic E-state index is 12.4. The molecule has 0 saturated heterocycles. The average Bonchev–Trinajstić information content (AvgIpc) is 3.07. The number of aromatic nitrogens is 4. The summed E-state index contributed by atoms with van der Waals surface area (Å²) in [4.78, 5) is 29.5. The Kier molecular flexibility index (Phi) is 4.46. The molecule has 118 valence electrons. The normalized spacial score (nSPS) is 10.7. The van der Waals surface area contributed by atoms with Crippen LogP contribution in [-0.2, 0) is 11.3 Å². The number of fused-ring (bicyclic) bond motifs is 1. The van der Waals surface area contributed by atoms with Gasteiger partial charge in [-0.1, -0.05) is 30.3 Å². The molecule has 2 aromatic heterocycles. The van der Waals surface area contributed by atoms with Gasteiger partial charge in [0.25, 0.3) is 0 Å². The molecule has 23 heavy (non-hydrogen) atoms. The van der Waals surface area contributed by atoms with Gasteiger partial charge in [0.1, 0.15) is 11.8 Å². The molecule has 7 nitrogen and oxygen atoms in total. The Hall–Kier alpha value is -2.96. The van der Waals surface area contributed by atoms with Crippen molar-refractivity contribution in [1.29, 1.82) is 0 Å². The lowest BCUT2D eigenvalue weighted by Crippen LogP contribution is -2.35. The minimum absolute atomic E-state index is 0.0163. The van der Waals surface area contributed by atoms with E-state index in [0.29, 0.717) is 30.1 Å². The summed E-state index contributed by atoms with van der Waals surface area (Å²) in [6.45, 7) is 3.39. The Labute approximate surface area is 133 Å². The summed E-state index contributed by atoms with van der Waals surface area (Å²) < 4.78 is 0. The molecule has 0 radical (unpaired) electrons. The van der Waals surface area contributed by atoms with Gasteiger partial charge in [0, 0.05) is 13.1 Å². The maximum absolute atomic E-state index is 12.4. The van der Waals surface area contributed by atoms with Gasteiger partial charge < -0.3 is 15.2 Å². The molecule has 3 aromatic rings. The van der Waals surface area contributed by atoms with Gasteiger partial charge in [0.05, 0.1) is 12.9 Å². The van der Waals surface area contributed by atoms with Crippen LogP contribution in [0, 0.1) is 0 Å². The molecule has 0 spiro atoms. The Bertz CT molecular complexity index is 785. The van der Waals surface area contributed by atoms with Crippen molar-refractivity contribution in [3.8, 4) is 0 Å². The van der Waals surface area contributed by atoms with Crippen molar-refractivity contribution >= 4 is 22.9 Å². The molecule has 0 fully saturated rings. The summed E-state index contributed by atoms with van der Waals surface area (Å²) in [5.41, 5.74) is 2.39. The number of nitrogens with zero attached hydrogens (tertiary/aromatic N) is 4. The molecule has 1 aromatic carbocycles. The zero-order valence-corrected chi connectivity index (χ0v) is 12.9. The molecule has 0 aliphatic rings. The van der Waals surface area contributed by atoms with Gasteiger partial charge in [-0.25, -0.2) is 15.0 Å². The van der Waals surface area contributed by atoms with Crippen LogP contribution in [0.3, 0.4) is 0 Å². The zero-order valence-electron chi connectivity index (χ0n) is 12.9. The van der Waals surface area contributed by atoms with Crippen molar-refractivity contribution in [3.05, 3.63) is 48.5 Å². The molecular formula is C16H18N6O. The van der Waals surface area contributed by atoms with Gasteiger partial charge in [-0.15, -0.1) is 0 Å². The van der Waals surface area contributed by atoms with Crippen molar-refractivity contribution in [3.63, 3.8) is 0 Å². The van der Waals surface area contributed by atoms with E-state index in [1.807, 2.05) is 37.3 Å². The molecule has 2 heterocycles. The molecule has 7 heteroatoms. The largest absolute Gasteiger partial charge is 0.359 e. The fraction of sp³-hybridized carbons (Fsp3) is 0.250. The summed E-state index contributed by atoms with van der Waals surface area (Å²) in [6, 6.07) is 9.95. The second-order valence-corrected chi connectivity index (χ2v) is 5.07. The molecular weight excluding hydrogens is 292 g/mol. The van der Waals surface area contributed by atoms with E-state index in [1.54, 1.807) is 11.2 Å². The molecule has 0 aliphatic carbocycles. The van der Waals surface area contributed by atoms with Crippen molar-refractivity contribution in [1.82, 2.24) is 24.8 Å². The van der Waals surface area contributed by atoms with Crippen LogP contribution in [0.15, 0.2) is 43.0 Å². The van der Waals surface area contributed by atoms with E-state index in [2.05, 4.69) is 25.3 Å². The summed E-state index contributed by atoms with van der Waals surface area (Å²) in [6.07, 6.45) is 2.98. The first-order valence-electron chi connectivity index (χ1n) is 7.47. The molecule has 1 amide bonds. The number of likely N-dealkylation sites (N-methyl/N-ethyl adjacent to an activating group) is 1. The summed E-state index contributed by atoms with van der Waals surface area (Å²) in [7, 11) is 0. The van der Waals surface area contributed by atoms with E-state index in [9.17, 15) is 4.79 Å². The van der Waals surface area contributed by atoms with Crippen LogP contribution in [-0.4, -0.2) is 43.8 Å². The first-order chi connectivity index (χ1) is 11.3. The van der Waals surface area contributed by atoms with Crippen molar-refractivity contribution in [2.24, 2.45) is 0 Å². The van der Waals surface area contributed by atoms with Gasteiger partial charge in [-0.3, -0.25) is 4.79 Å².